The third-order valence-electron chi connectivity index (χ3n) is 1.94. The van der Waals surface area contributed by atoms with Crippen LogP contribution in [0.4, 0.5) is 8.78 Å². The van der Waals surface area contributed by atoms with Gasteiger partial charge in [0.25, 0.3) is 0 Å². The normalized spacial score (nSPS) is 10.4. The fourth-order valence-electron chi connectivity index (χ4n) is 1.24. The second kappa shape index (κ2) is 3.57. The van der Waals surface area contributed by atoms with E-state index in [1.807, 2.05) is 0 Å². The van der Waals surface area contributed by atoms with Crippen LogP contribution in [-0.2, 0) is 6.54 Å². The van der Waals surface area contributed by atoms with Gasteiger partial charge in [-0.15, -0.1) is 0 Å². The van der Waals surface area contributed by atoms with Crippen LogP contribution >= 0.6 is 0 Å². The van der Waals surface area contributed by atoms with Crippen molar-refractivity contribution in [3.8, 4) is 0 Å². The first-order valence-electron chi connectivity index (χ1n) is 4.17. The predicted molar refractivity (Wildman–Crippen MR) is 47.7 cm³/mol. The number of benzene rings is 1. The third kappa shape index (κ3) is 1.64. The lowest BCUT2D eigenvalue weighted by Crippen LogP contribution is -2.04. The maximum absolute atomic E-state index is 13.2. The molecule has 0 amide bonds. The van der Waals surface area contributed by atoms with Crippen LogP contribution < -0.4 is 0 Å². The minimum absolute atomic E-state index is 0.0381. The summed E-state index contributed by atoms with van der Waals surface area (Å²) < 4.78 is 27.8. The minimum atomic E-state index is -0.541. The van der Waals surface area contributed by atoms with Gasteiger partial charge in [-0.3, -0.25) is 4.68 Å². The van der Waals surface area contributed by atoms with Crippen molar-refractivity contribution in [2.45, 2.75) is 6.54 Å². The molecule has 1 heterocycles. The molecule has 0 radical (unpaired) electrons. The van der Waals surface area contributed by atoms with E-state index >= 15 is 0 Å². The minimum Gasteiger partial charge on any atom is -0.268 e. The van der Waals surface area contributed by atoms with Gasteiger partial charge in [0, 0.05) is 18.0 Å². The highest BCUT2D eigenvalue weighted by atomic mass is 19.1. The van der Waals surface area contributed by atoms with Crippen LogP contribution in [0.3, 0.4) is 0 Å². The Hall–Kier alpha value is -1.71. The number of aromatic nitrogens is 2. The lowest BCUT2D eigenvalue weighted by atomic mass is 10.2. The van der Waals surface area contributed by atoms with Gasteiger partial charge in [0.05, 0.1) is 6.54 Å². The van der Waals surface area contributed by atoms with Crippen molar-refractivity contribution >= 4 is 0 Å². The topological polar surface area (TPSA) is 17.8 Å². The second-order valence-electron chi connectivity index (χ2n) is 2.90. The first kappa shape index (κ1) is 8.87. The van der Waals surface area contributed by atoms with Gasteiger partial charge >= 0.3 is 0 Å². The first-order valence-corrected chi connectivity index (χ1v) is 4.17. The fourth-order valence-corrected chi connectivity index (χ4v) is 1.24. The van der Waals surface area contributed by atoms with E-state index < -0.39 is 11.6 Å². The Balaban J connectivity index is 2.33. The molecule has 72 valence electrons. The molecule has 0 aliphatic heterocycles. The van der Waals surface area contributed by atoms with Crippen molar-refractivity contribution in [3.05, 3.63) is 53.9 Å². The number of rotatable bonds is 2. The van der Waals surface area contributed by atoms with Crippen LogP contribution in [0, 0.1) is 11.6 Å². The van der Waals surface area contributed by atoms with E-state index in [1.54, 1.807) is 18.5 Å². The maximum Gasteiger partial charge on any atom is 0.131 e. The number of nitrogens with zero attached hydrogens (tertiary/aromatic N) is 2. The standard InChI is InChI=1S/C10H8F2N2/c11-9-3-1-4-10(12)8(9)7-14-6-2-5-13-14/h1-6H,7H2. The van der Waals surface area contributed by atoms with Gasteiger partial charge in [-0.25, -0.2) is 8.78 Å². The molecule has 0 N–H and O–H groups in total. The summed E-state index contributed by atoms with van der Waals surface area (Å²) in [6, 6.07) is 5.53. The van der Waals surface area contributed by atoms with Crippen molar-refractivity contribution in [1.29, 1.82) is 0 Å². The van der Waals surface area contributed by atoms with Crippen LogP contribution in [0.1, 0.15) is 5.56 Å². The highest BCUT2D eigenvalue weighted by Gasteiger charge is 2.08. The smallest absolute Gasteiger partial charge is 0.131 e. The molecule has 0 aliphatic rings. The molecule has 2 nitrogen and oxygen atoms in total. The van der Waals surface area contributed by atoms with E-state index in [9.17, 15) is 8.78 Å². The van der Waals surface area contributed by atoms with Crippen molar-refractivity contribution < 1.29 is 8.78 Å². The Kier molecular flexibility index (Phi) is 2.26. The van der Waals surface area contributed by atoms with Gasteiger partial charge in [0.2, 0.25) is 0 Å². The van der Waals surface area contributed by atoms with Crippen molar-refractivity contribution in [2.75, 3.05) is 0 Å². The molecule has 0 saturated heterocycles. The van der Waals surface area contributed by atoms with Crippen molar-refractivity contribution in [1.82, 2.24) is 9.78 Å². The molecule has 2 rings (SSSR count). The van der Waals surface area contributed by atoms with Gasteiger partial charge in [-0.05, 0) is 18.2 Å². The summed E-state index contributed by atoms with van der Waals surface area (Å²) in [6.07, 6.45) is 3.23. The average Bonchev–Trinajstić information content (AvgIpc) is 2.64. The highest BCUT2D eigenvalue weighted by Crippen LogP contribution is 2.12. The van der Waals surface area contributed by atoms with E-state index in [0.717, 1.165) is 0 Å². The zero-order valence-electron chi connectivity index (χ0n) is 7.32. The van der Waals surface area contributed by atoms with Gasteiger partial charge in [-0.1, -0.05) is 6.07 Å². The van der Waals surface area contributed by atoms with E-state index in [-0.39, 0.29) is 12.1 Å². The summed E-state index contributed by atoms with van der Waals surface area (Å²) in [5.74, 6) is -1.08. The Bertz CT molecular complexity index is 403. The molecular formula is C10H8F2N2. The van der Waals surface area contributed by atoms with Crippen LogP contribution in [0.25, 0.3) is 0 Å². The summed E-state index contributed by atoms with van der Waals surface area (Å²) in [7, 11) is 0. The van der Waals surface area contributed by atoms with Crippen molar-refractivity contribution in [2.24, 2.45) is 0 Å². The monoisotopic (exact) mass is 194 g/mol. The summed E-state index contributed by atoms with van der Waals surface area (Å²) in [6.45, 7) is 0.117. The molecule has 0 bridgehead atoms. The lowest BCUT2D eigenvalue weighted by molar-refractivity contribution is 0.533. The van der Waals surface area contributed by atoms with E-state index in [1.165, 1.54) is 22.9 Å². The fraction of sp³-hybridized carbons (Fsp3) is 0.100. The molecule has 0 spiro atoms. The zero-order valence-corrected chi connectivity index (χ0v) is 7.32. The number of hydrogen-bond acceptors (Lipinski definition) is 1. The summed E-state index contributed by atoms with van der Waals surface area (Å²) in [5.41, 5.74) is 0.0381. The molecule has 1 aromatic heterocycles. The summed E-state index contributed by atoms with van der Waals surface area (Å²) >= 11 is 0. The molecule has 0 unspecified atom stereocenters. The van der Waals surface area contributed by atoms with E-state index in [0.29, 0.717) is 0 Å². The molecule has 4 heteroatoms. The van der Waals surface area contributed by atoms with Gasteiger partial charge in [0.15, 0.2) is 0 Å². The van der Waals surface area contributed by atoms with Crippen LogP contribution in [0.15, 0.2) is 36.7 Å². The molecule has 0 fully saturated rings. The Morgan fingerprint density at radius 3 is 2.43 bits per heavy atom. The number of halogens is 2. The predicted octanol–water partition coefficient (Wildman–Crippen LogP) is 2.21. The van der Waals surface area contributed by atoms with Crippen molar-refractivity contribution in [3.63, 3.8) is 0 Å². The Morgan fingerprint density at radius 2 is 1.86 bits per heavy atom. The zero-order chi connectivity index (χ0) is 9.97. The molecule has 14 heavy (non-hydrogen) atoms. The van der Waals surface area contributed by atoms with Gasteiger partial charge in [-0.2, -0.15) is 5.10 Å². The van der Waals surface area contributed by atoms with Crippen LogP contribution in [-0.4, -0.2) is 9.78 Å². The second-order valence-corrected chi connectivity index (χ2v) is 2.90. The largest absolute Gasteiger partial charge is 0.268 e. The van der Waals surface area contributed by atoms with Crippen LogP contribution in [0.2, 0.25) is 0 Å². The molecule has 0 saturated carbocycles. The maximum atomic E-state index is 13.2. The quantitative estimate of drug-likeness (QED) is 0.716. The highest BCUT2D eigenvalue weighted by molar-refractivity contribution is 5.19. The Morgan fingerprint density at radius 1 is 1.14 bits per heavy atom. The van der Waals surface area contributed by atoms with Gasteiger partial charge in [0.1, 0.15) is 11.6 Å². The average molecular weight is 194 g/mol. The summed E-state index contributed by atoms with van der Waals surface area (Å²) in [4.78, 5) is 0. The van der Waals surface area contributed by atoms with Gasteiger partial charge < -0.3 is 0 Å². The molecule has 0 atom stereocenters. The molecular weight excluding hydrogens is 186 g/mol. The SMILES string of the molecule is Fc1cccc(F)c1Cn1cccn1. The number of hydrogen-bond donors (Lipinski definition) is 0. The van der Waals surface area contributed by atoms with E-state index in [4.69, 9.17) is 0 Å². The Labute approximate surface area is 79.8 Å². The molecule has 2 aromatic rings. The lowest BCUT2D eigenvalue weighted by Gasteiger charge is -2.04. The molecule has 1 aromatic carbocycles. The molecule has 0 aliphatic carbocycles. The van der Waals surface area contributed by atoms with E-state index in [2.05, 4.69) is 5.10 Å². The third-order valence-corrected chi connectivity index (χ3v) is 1.94. The first-order chi connectivity index (χ1) is 6.77. The van der Waals surface area contributed by atoms with Crippen LogP contribution in [0.5, 0.6) is 0 Å². The summed E-state index contributed by atoms with van der Waals surface area (Å²) in [5, 5.41) is 3.88.